The van der Waals surface area contributed by atoms with Gasteiger partial charge in [-0.25, -0.2) is 4.79 Å². The highest BCUT2D eigenvalue weighted by Gasteiger charge is 2.29. The first-order valence-electron chi connectivity index (χ1n) is 5.55. The number of hydrogen-bond acceptors (Lipinski definition) is 4. The van der Waals surface area contributed by atoms with Crippen LogP contribution < -0.4 is 5.73 Å². The van der Waals surface area contributed by atoms with Crippen molar-refractivity contribution in [3.05, 3.63) is 11.3 Å². The van der Waals surface area contributed by atoms with E-state index in [1.165, 1.54) is 20.0 Å². The van der Waals surface area contributed by atoms with Gasteiger partial charge in [0.25, 0.3) is 0 Å². The number of aromatic nitrogens is 2. The number of ether oxygens (including phenoxy) is 1. The van der Waals surface area contributed by atoms with E-state index in [4.69, 9.17) is 10.5 Å². The molecular weight excluding hydrogens is 206 g/mol. The molecule has 1 heterocycles. The maximum atomic E-state index is 11.6. The Labute approximate surface area is 94.6 Å². The smallest absolute Gasteiger partial charge is 0.358 e. The molecule has 1 aliphatic rings. The summed E-state index contributed by atoms with van der Waals surface area (Å²) in [5.41, 5.74) is 7.23. The van der Waals surface area contributed by atoms with Crippen LogP contribution in [-0.2, 0) is 11.8 Å². The number of nitrogens with zero attached hydrogens (tertiary/aromatic N) is 2. The van der Waals surface area contributed by atoms with E-state index in [1.54, 1.807) is 11.7 Å². The molecule has 0 amide bonds. The maximum Gasteiger partial charge on any atom is 0.358 e. The molecule has 2 rings (SSSR count). The third kappa shape index (κ3) is 1.66. The van der Waals surface area contributed by atoms with Gasteiger partial charge in [0.05, 0.1) is 7.11 Å². The van der Waals surface area contributed by atoms with Gasteiger partial charge >= 0.3 is 5.97 Å². The van der Waals surface area contributed by atoms with Crippen LogP contribution in [0.25, 0.3) is 0 Å². The Balaban J connectivity index is 2.43. The molecule has 5 nitrogen and oxygen atoms in total. The molecule has 1 aromatic rings. The number of hydrogen-bond donors (Lipinski definition) is 1. The van der Waals surface area contributed by atoms with Gasteiger partial charge < -0.3 is 10.5 Å². The number of esters is 1. The minimum Gasteiger partial charge on any atom is -0.464 e. The average Bonchev–Trinajstić information content (AvgIpc) is 2.87. The zero-order chi connectivity index (χ0) is 11.7. The second-order valence-corrected chi connectivity index (χ2v) is 4.24. The van der Waals surface area contributed by atoms with Gasteiger partial charge in [-0.15, -0.1) is 0 Å². The summed E-state index contributed by atoms with van der Waals surface area (Å²) in [5.74, 6) is 0.560. The Morgan fingerprint density at radius 2 is 2.12 bits per heavy atom. The van der Waals surface area contributed by atoms with Gasteiger partial charge in [-0.2, -0.15) is 5.10 Å². The molecule has 1 aliphatic carbocycles. The first-order chi connectivity index (χ1) is 7.65. The summed E-state index contributed by atoms with van der Waals surface area (Å²) in [7, 11) is 3.12. The molecule has 0 atom stereocenters. The first kappa shape index (κ1) is 11.0. The van der Waals surface area contributed by atoms with Crippen LogP contribution in [0.3, 0.4) is 0 Å². The molecule has 0 aromatic carbocycles. The molecule has 1 fully saturated rings. The van der Waals surface area contributed by atoms with E-state index in [0.29, 0.717) is 17.4 Å². The molecule has 0 radical (unpaired) electrons. The van der Waals surface area contributed by atoms with Gasteiger partial charge in [0.1, 0.15) is 5.82 Å². The molecule has 1 aromatic heterocycles. The number of nitrogen functional groups attached to an aromatic ring is 1. The van der Waals surface area contributed by atoms with Crippen molar-refractivity contribution >= 4 is 11.8 Å². The third-order valence-corrected chi connectivity index (χ3v) is 3.27. The summed E-state index contributed by atoms with van der Waals surface area (Å²) in [6, 6.07) is 0. The van der Waals surface area contributed by atoms with E-state index < -0.39 is 5.97 Å². The number of nitrogens with two attached hydrogens (primary N) is 1. The Bertz CT molecular complexity index is 406. The molecule has 2 N–H and O–H groups in total. The van der Waals surface area contributed by atoms with Gasteiger partial charge in [0, 0.05) is 12.6 Å². The van der Waals surface area contributed by atoms with Crippen molar-refractivity contribution < 1.29 is 9.53 Å². The lowest BCUT2D eigenvalue weighted by Crippen LogP contribution is -2.08. The highest BCUT2D eigenvalue weighted by Crippen LogP contribution is 2.38. The fraction of sp³-hybridized carbons (Fsp3) is 0.636. The van der Waals surface area contributed by atoms with E-state index in [-0.39, 0.29) is 0 Å². The monoisotopic (exact) mass is 223 g/mol. The second kappa shape index (κ2) is 4.15. The van der Waals surface area contributed by atoms with Gasteiger partial charge in [0.2, 0.25) is 0 Å². The van der Waals surface area contributed by atoms with Crippen molar-refractivity contribution in [2.24, 2.45) is 7.05 Å². The first-order valence-corrected chi connectivity index (χ1v) is 5.55. The van der Waals surface area contributed by atoms with Crippen LogP contribution in [0.15, 0.2) is 0 Å². The molecule has 0 bridgehead atoms. The Kier molecular flexibility index (Phi) is 2.85. The normalized spacial score (nSPS) is 16.6. The van der Waals surface area contributed by atoms with Crippen molar-refractivity contribution in [3.8, 4) is 0 Å². The highest BCUT2D eigenvalue weighted by atomic mass is 16.5. The van der Waals surface area contributed by atoms with Crippen molar-refractivity contribution in [1.29, 1.82) is 0 Å². The Hall–Kier alpha value is -1.52. The van der Waals surface area contributed by atoms with Crippen molar-refractivity contribution in [1.82, 2.24) is 9.78 Å². The summed E-state index contributed by atoms with van der Waals surface area (Å²) in [4.78, 5) is 11.6. The molecule has 88 valence electrons. The lowest BCUT2D eigenvalue weighted by molar-refractivity contribution is 0.0591. The largest absolute Gasteiger partial charge is 0.464 e. The average molecular weight is 223 g/mol. The van der Waals surface area contributed by atoms with Crippen LogP contribution in [0.5, 0.6) is 0 Å². The van der Waals surface area contributed by atoms with Crippen LogP contribution in [0.1, 0.15) is 47.7 Å². The van der Waals surface area contributed by atoms with E-state index in [2.05, 4.69) is 5.10 Å². The summed E-state index contributed by atoms with van der Waals surface area (Å²) < 4.78 is 6.29. The highest BCUT2D eigenvalue weighted by molar-refractivity contribution is 5.90. The van der Waals surface area contributed by atoms with Gasteiger partial charge in [-0.05, 0) is 18.8 Å². The van der Waals surface area contributed by atoms with Crippen molar-refractivity contribution in [2.45, 2.75) is 31.6 Å². The Morgan fingerprint density at radius 1 is 1.50 bits per heavy atom. The zero-order valence-electron chi connectivity index (χ0n) is 9.69. The molecule has 0 aliphatic heterocycles. The zero-order valence-corrected chi connectivity index (χ0v) is 9.69. The standard InChI is InChI=1S/C11H17N3O2/c1-14-10(12)8(7-5-3-4-6-7)9(13-14)11(15)16-2/h7H,3-6,12H2,1-2H3. The molecule has 0 spiro atoms. The molecule has 16 heavy (non-hydrogen) atoms. The quantitative estimate of drug-likeness (QED) is 0.770. The van der Waals surface area contributed by atoms with E-state index in [0.717, 1.165) is 18.4 Å². The van der Waals surface area contributed by atoms with Crippen LogP contribution >= 0.6 is 0 Å². The molecule has 0 unspecified atom stereocenters. The fourth-order valence-corrected chi connectivity index (χ4v) is 2.42. The fourth-order valence-electron chi connectivity index (χ4n) is 2.42. The van der Waals surface area contributed by atoms with Gasteiger partial charge in [-0.3, -0.25) is 4.68 Å². The number of anilines is 1. The predicted octanol–water partition coefficient (Wildman–Crippen LogP) is 1.45. The minimum atomic E-state index is -0.394. The topological polar surface area (TPSA) is 70.1 Å². The van der Waals surface area contributed by atoms with Crippen LogP contribution in [0, 0.1) is 0 Å². The number of rotatable bonds is 2. The number of aryl methyl sites for hydroxylation is 1. The lowest BCUT2D eigenvalue weighted by atomic mass is 9.97. The number of carbonyl (C=O) groups excluding carboxylic acids is 1. The van der Waals surface area contributed by atoms with E-state index in [9.17, 15) is 4.79 Å². The summed E-state index contributed by atoms with van der Waals surface area (Å²) in [6.07, 6.45) is 4.55. The summed E-state index contributed by atoms with van der Waals surface area (Å²) in [5, 5.41) is 4.14. The maximum absolute atomic E-state index is 11.6. The van der Waals surface area contributed by atoms with Crippen LogP contribution in [-0.4, -0.2) is 22.9 Å². The van der Waals surface area contributed by atoms with Gasteiger partial charge in [0.15, 0.2) is 5.69 Å². The predicted molar refractivity (Wildman–Crippen MR) is 60.2 cm³/mol. The number of methoxy groups -OCH3 is 1. The van der Waals surface area contributed by atoms with Crippen LogP contribution in [0.4, 0.5) is 5.82 Å². The molecule has 5 heteroatoms. The second-order valence-electron chi connectivity index (χ2n) is 4.24. The SMILES string of the molecule is COC(=O)c1nn(C)c(N)c1C1CCCC1. The van der Waals surface area contributed by atoms with E-state index >= 15 is 0 Å². The lowest BCUT2D eigenvalue weighted by Gasteiger charge is -2.09. The van der Waals surface area contributed by atoms with Gasteiger partial charge in [-0.1, -0.05) is 12.8 Å². The van der Waals surface area contributed by atoms with Crippen molar-refractivity contribution in [2.75, 3.05) is 12.8 Å². The summed E-state index contributed by atoms with van der Waals surface area (Å²) >= 11 is 0. The minimum absolute atomic E-state index is 0.364. The molecule has 1 saturated carbocycles. The Morgan fingerprint density at radius 3 is 2.69 bits per heavy atom. The van der Waals surface area contributed by atoms with Crippen molar-refractivity contribution in [3.63, 3.8) is 0 Å². The molecule has 0 saturated heterocycles. The van der Waals surface area contributed by atoms with Crippen LogP contribution in [0.2, 0.25) is 0 Å². The third-order valence-electron chi connectivity index (χ3n) is 3.27. The molecular formula is C11H17N3O2. The summed E-state index contributed by atoms with van der Waals surface area (Å²) in [6.45, 7) is 0. The number of carbonyl (C=O) groups is 1. The van der Waals surface area contributed by atoms with E-state index in [1.807, 2.05) is 0 Å².